The van der Waals surface area contributed by atoms with Gasteiger partial charge in [0.2, 0.25) is 0 Å². The van der Waals surface area contributed by atoms with Gasteiger partial charge in [-0.15, -0.1) is 0 Å². The molecule has 1 aliphatic heterocycles. The summed E-state index contributed by atoms with van der Waals surface area (Å²) in [6, 6.07) is 9.27. The van der Waals surface area contributed by atoms with Crippen LogP contribution in [0.5, 0.6) is 0 Å². The molecule has 1 N–H and O–H groups in total. The second-order valence-corrected chi connectivity index (χ2v) is 7.35. The van der Waals surface area contributed by atoms with Crippen LogP contribution in [0.4, 0.5) is 0 Å². The van der Waals surface area contributed by atoms with E-state index in [0.29, 0.717) is 6.04 Å². The predicted molar refractivity (Wildman–Crippen MR) is 95.0 cm³/mol. The molecule has 2 nitrogen and oxygen atoms in total. The van der Waals surface area contributed by atoms with Gasteiger partial charge in [0.25, 0.3) is 0 Å². The van der Waals surface area contributed by atoms with E-state index in [4.69, 9.17) is 0 Å². The fourth-order valence-corrected chi connectivity index (χ4v) is 3.14. The van der Waals surface area contributed by atoms with Gasteiger partial charge in [0, 0.05) is 9.61 Å². The molecule has 112 valence electrons. The number of hydrogen-bond donors (Lipinski definition) is 1. The van der Waals surface area contributed by atoms with Crippen LogP contribution in [0.3, 0.4) is 0 Å². The maximum absolute atomic E-state index is 3.64. The summed E-state index contributed by atoms with van der Waals surface area (Å²) in [7, 11) is 0. The quantitative estimate of drug-likeness (QED) is 0.586. The molecule has 0 aromatic heterocycles. The Balaban J connectivity index is 1.62. The zero-order valence-electron chi connectivity index (χ0n) is 12.7. The zero-order chi connectivity index (χ0) is 14.4. The minimum atomic E-state index is 0.452. The van der Waals surface area contributed by atoms with E-state index in [9.17, 15) is 0 Å². The molecule has 0 radical (unpaired) electrons. The van der Waals surface area contributed by atoms with Crippen molar-refractivity contribution in [1.29, 1.82) is 0 Å². The molecule has 1 unspecified atom stereocenters. The average Bonchev–Trinajstić information content (AvgIpc) is 2.46. The van der Waals surface area contributed by atoms with Crippen LogP contribution < -0.4 is 5.32 Å². The van der Waals surface area contributed by atoms with E-state index in [1.165, 1.54) is 48.0 Å². The molecule has 1 heterocycles. The Morgan fingerprint density at radius 3 is 2.55 bits per heavy atom. The second-order valence-electron chi connectivity index (χ2n) is 6.11. The molecule has 1 atom stereocenters. The summed E-state index contributed by atoms with van der Waals surface area (Å²) in [5.74, 6) is 0.935. The number of nitrogens with one attached hydrogen (secondary N) is 1. The first kappa shape index (κ1) is 16.2. The number of rotatable bonds is 6. The Kier molecular flexibility index (Phi) is 6.78. The fraction of sp³-hybridized carbons (Fsp3) is 0.647. The Bertz CT molecular complexity index is 382. The fourth-order valence-electron chi connectivity index (χ4n) is 2.78. The van der Waals surface area contributed by atoms with Gasteiger partial charge in [0.1, 0.15) is 0 Å². The van der Waals surface area contributed by atoms with Crippen LogP contribution in [0.2, 0.25) is 0 Å². The van der Waals surface area contributed by atoms with Crippen LogP contribution in [0, 0.1) is 9.49 Å². The van der Waals surface area contributed by atoms with E-state index in [1.54, 1.807) is 0 Å². The predicted octanol–water partition coefficient (Wildman–Crippen LogP) is 4.06. The van der Waals surface area contributed by atoms with Gasteiger partial charge < -0.3 is 10.2 Å². The van der Waals surface area contributed by atoms with Gasteiger partial charge in [-0.25, -0.2) is 0 Å². The van der Waals surface area contributed by atoms with Crippen molar-refractivity contribution in [3.63, 3.8) is 0 Å². The maximum atomic E-state index is 3.64. The molecule has 0 bridgehead atoms. The van der Waals surface area contributed by atoms with Crippen molar-refractivity contribution in [2.24, 2.45) is 5.92 Å². The van der Waals surface area contributed by atoms with Crippen LogP contribution in [-0.4, -0.2) is 31.1 Å². The van der Waals surface area contributed by atoms with E-state index >= 15 is 0 Å². The van der Waals surface area contributed by atoms with E-state index < -0.39 is 0 Å². The van der Waals surface area contributed by atoms with Crippen molar-refractivity contribution < 1.29 is 0 Å². The average molecular weight is 386 g/mol. The summed E-state index contributed by atoms with van der Waals surface area (Å²) < 4.78 is 1.30. The summed E-state index contributed by atoms with van der Waals surface area (Å²) in [6.45, 7) is 9.59. The van der Waals surface area contributed by atoms with Crippen molar-refractivity contribution in [2.45, 2.75) is 39.2 Å². The van der Waals surface area contributed by atoms with Gasteiger partial charge in [-0.05, 0) is 98.6 Å². The number of nitrogens with zero attached hydrogens (tertiary/aromatic N) is 1. The highest BCUT2D eigenvalue weighted by atomic mass is 127. The normalized spacial score (nSPS) is 19.1. The van der Waals surface area contributed by atoms with Gasteiger partial charge in [-0.1, -0.05) is 19.1 Å². The van der Waals surface area contributed by atoms with E-state index in [-0.39, 0.29) is 0 Å². The van der Waals surface area contributed by atoms with Crippen LogP contribution in [0.25, 0.3) is 0 Å². The van der Waals surface area contributed by atoms with Crippen molar-refractivity contribution in [3.8, 4) is 0 Å². The first-order chi connectivity index (χ1) is 9.65. The van der Waals surface area contributed by atoms with Gasteiger partial charge in [0.15, 0.2) is 0 Å². The lowest BCUT2D eigenvalue weighted by molar-refractivity contribution is 0.190. The highest BCUT2D eigenvalue weighted by Gasteiger charge is 2.14. The SMILES string of the molecule is CC1CCN(CCCNC(C)c2ccc(I)cc2)CC1. The zero-order valence-corrected chi connectivity index (χ0v) is 14.9. The largest absolute Gasteiger partial charge is 0.310 e. The van der Waals surface area contributed by atoms with Crippen LogP contribution in [0.15, 0.2) is 24.3 Å². The smallest absolute Gasteiger partial charge is 0.0291 e. The Morgan fingerprint density at radius 2 is 1.90 bits per heavy atom. The van der Waals surface area contributed by atoms with Crippen molar-refractivity contribution in [1.82, 2.24) is 10.2 Å². The lowest BCUT2D eigenvalue weighted by Gasteiger charge is -2.30. The molecule has 0 saturated carbocycles. The van der Waals surface area contributed by atoms with E-state index in [1.807, 2.05) is 0 Å². The number of likely N-dealkylation sites (tertiary alicyclic amines) is 1. The van der Waals surface area contributed by atoms with Gasteiger partial charge in [-0.2, -0.15) is 0 Å². The molecular formula is C17H27IN2. The molecule has 1 aliphatic rings. The standard InChI is InChI=1S/C17H27IN2/c1-14-8-12-20(13-9-14)11-3-10-19-15(2)16-4-6-17(18)7-5-16/h4-7,14-15,19H,3,8-13H2,1-2H3. The van der Waals surface area contributed by atoms with E-state index in [0.717, 1.165) is 12.5 Å². The highest BCUT2D eigenvalue weighted by Crippen LogP contribution is 2.16. The second kappa shape index (κ2) is 8.35. The van der Waals surface area contributed by atoms with E-state index in [2.05, 4.69) is 70.9 Å². The summed E-state index contributed by atoms with van der Waals surface area (Å²) in [5, 5.41) is 3.64. The Hall–Kier alpha value is -0.130. The molecule has 1 fully saturated rings. The summed E-state index contributed by atoms with van der Waals surface area (Å²) in [4.78, 5) is 2.62. The van der Waals surface area contributed by atoms with Crippen molar-refractivity contribution >= 4 is 22.6 Å². The molecular weight excluding hydrogens is 359 g/mol. The third-order valence-corrected chi connectivity index (χ3v) is 5.07. The Morgan fingerprint density at radius 1 is 1.25 bits per heavy atom. The minimum Gasteiger partial charge on any atom is -0.310 e. The third kappa shape index (κ3) is 5.34. The van der Waals surface area contributed by atoms with Crippen molar-refractivity contribution in [3.05, 3.63) is 33.4 Å². The van der Waals surface area contributed by atoms with Gasteiger partial charge in [-0.3, -0.25) is 0 Å². The number of benzene rings is 1. The summed E-state index contributed by atoms with van der Waals surface area (Å²) in [5.41, 5.74) is 1.39. The number of piperidine rings is 1. The maximum Gasteiger partial charge on any atom is 0.0291 e. The van der Waals surface area contributed by atoms with Crippen LogP contribution in [-0.2, 0) is 0 Å². The lowest BCUT2D eigenvalue weighted by atomic mass is 9.99. The summed E-state index contributed by atoms with van der Waals surface area (Å²) in [6.07, 6.45) is 4.02. The topological polar surface area (TPSA) is 15.3 Å². The molecule has 3 heteroatoms. The monoisotopic (exact) mass is 386 g/mol. The van der Waals surface area contributed by atoms with Gasteiger partial charge >= 0.3 is 0 Å². The Labute approximate surface area is 137 Å². The first-order valence-electron chi connectivity index (χ1n) is 7.86. The molecule has 0 aliphatic carbocycles. The van der Waals surface area contributed by atoms with Crippen LogP contribution in [0.1, 0.15) is 44.7 Å². The lowest BCUT2D eigenvalue weighted by Crippen LogP contribution is -2.35. The minimum absolute atomic E-state index is 0.452. The molecule has 1 aromatic carbocycles. The highest BCUT2D eigenvalue weighted by molar-refractivity contribution is 14.1. The molecule has 0 spiro atoms. The molecule has 1 aromatic rings. The molecule has 2 rings (SSSR count). The number of halogens is 1. The van der Waals surface area contributed by atoms with Gasteiger partial charge in [0.05, 0.1) is 0 Å². The van der Waals surface area contributed by atoms with Crippen LogP contribution >= 0.6 is 22.6 Å². The number of hydrogen-bond acceptors (Lipinski definition) is 2. The first-order valence-corrected chi connectivity index (χ1v) is 8.94. The third-order valence-electron chi connectivity index (χ3n) is 4.35. The molecule has 0 amide bonds. The van der Waals surface area contributed by atoms with Crippen molar-refractivity contribution in [2.75, 3.05) is 26.2 Å². The summed E-state index contributed by atoms with van der Waals surface area (Å²) >= 11 is 2.35. The molecule has 1 saturated heterocycles. The molecule has 20 heavy (non-hydrogen) atoms.